The minimum Gasteiger partial charge on any atom is -0.473 e. The Hall–Kier alpha value is -2.47. The number of benzene rings is 1. The van der Waals surface area contributed by atoms with Gasteiger partial charge in [-0.3, -0.25) is 4.98 Å². The minimum absolute atomic E-state index is 0.0490. The minimum atomic E-state index is -3.01. The second-order valence-corrected chi connectivity index (χ2v) is 7.51. The summed E-state index contributed by atoms with van der Waals surface area (Å²) in [6, 6.07) is 14.7. The molecule has 0 atom stereocenters. The molecule has 118 valence electrons. The van der Waals surface area contributed by atoms with Crippen LogP contribution in [-0.2, 0) is 22.2 Å². The van der Waals surface area contributed by atoms with Crippen molar-refractivity contribution in [3.8, 4) is 5.88 Å². The molecule has 0 unspecified atom stereocenters. The molecule has 1 aromatic carbocycles. The van der Waals surface area contributed by atoms with E-state index < -0.39 is 9.84 Å². The number of hydrogen-bond acceptors (Lipinski definition) is 5. The van der Waals surface area contributed by atoms with E-state index >= 15 is 0 Å². The second-order valence-electron chi connectivity index (χ2n) is 5.37. The van der Waals surface area contributed by atoms with E-state index in [1.807, 2.05) is 30.3 Å². The molecule has 0 fully saturated rings. The van der Waals surface area contributed by atoms with Crippen molar-refractivity contribution in [2.75, 3.05) is 6.26 Å². The highest BCUT2D eigenvalue weighted by atomic mass is 32.2. The first kappa shape index (κ1) is 15.4. The first-order valence-corrected chi connectivity index (χ1v) is 9.16. The van der Waals surface area contributed by atoms with E-state index in [-0.39, 0.29) is 5.75 Å². The van der Waals surface area contributed by atoms with Crippen LogP contribution in [-0.4, -0.2) is 24.6 Å². The predicted molar refractivity (Wildman–Crippen MR) is 88.9 cm³/mol. The summed E-state index contributed by atoms with van der Waals surface area (Å²) in [7, 11) is -3.01. The van der Waals surface area contributed by atoms with E-state index in [1.54, 1.807) is 24.4 Å². The van der Waals surface area contributed by atoms with E-state index in [1.165, 1.54) is 6.26 Å². The third kappa shape index (κ3) is 4.26. The van der Waals surface area contributed by atoms with Crippen LogP contribution >= 0.6 is 0 Å². The van der Waals surface area contributed by atoms with Crippen molar-refractivity contribution in [2.45, 2.75) is 12.4 Å². The third-order valence-electron chi connectivity index (χ3n) is 3.27. The molecule has 3 aromatic rings. The standard InChI is InChI=1S/C17H16N2O3S/c1-23(20,21)12-14-6-4-13(5-7-14)11-22-17-9-8-15-16(19-17)3-2-10-18-15/h2-10H,11-12H2,1H3. The maximum absolute atomic E-state index is 11.3. The lowest BCUT2D eigenvalue weighted by Crippen LogP contribution is -2.01. The van der Waals surface area contributed by atoms with Crippen LogP contribution in [0.1, 0.15) is 11.1 Å². The molecule has 0 radical (unpaired) electrons. The highest BCUT2D eigenvalue weighted by molar-refractivity contribution is 7.89. The molecule has 3 rings (SSSR count). The molecule has 2 aromatic heterocycles. The fourth-order valence-corrected chi connectivity index (χ4v) is 3.01. The average Bonchev–Trinajstić information content (AvgIpc) is 2.52. The van der Waals surface area contributed by atoms with E-state index in [0.29, 0.717) is 12.5 Å². The Balaban J connectivity index is 1.67. The van der Waals surface area contributed by atoms with E-state index in [4.69, 9.17) is 4.74 Å². The normalized spacial score (nSPS) is 11.5. The molecular weight excluding hydrogens is 312 g/mol. The number of aromatic nitrogens is 2. The summed E-state index contributed by atoms with van der Waals surface area (Å²) in [5.41, 5.74) is 3.33. The largest absolute Gasteiger partial charge is 0.473 e. The van der Waals surface area contributed by atoms with Crippen molar-refractivity contribution in [1.82, 2.24) is 9.97 Å². The molecule has 23 heavy (non-hydrogen) atoms. The molecule has 0 aliphatic rings. The molecule has 6 heteroatoms. The molecule has 2 heterocycles. The number of nitrogens with zero attached hydrogens (tertiary/aromatic N) is 2. The lowest BCUT2D eigenvalue weighted by atomic mass is 10.2. The number of pyridine rings is 2. The Morgan fingerprint density at radius 3 is 2.43 bits per heavy atom. The molecule has 0 N–H and O–H groups in total. The van der Waals surface area contributed by atoms with Gasteiger partial charge >= 0.3 is 0 Å². The van der Waals surface area contributed by atoms with Crippen molar-refractivity contribution in [1.29, 1.82) is 0 Å². The molecule has 0 aliphatic carbocycles. The summed E-state index contributed by atoms with van der Waals surface area (Å²) >= 11 is 0. The van der Waals surface area contributed by atoms with Crippen molar-refractivity contribution in [3.05, 3.63) is 65.9 Å². The van der Waals surface area contributed by atoms with E-state index in [9.17, 15) is 8.42 Å². The van der Waals surface area contributed by atoms with Gasteiger partial charge in [0.15, 0.2) is 9.84 Å². The van der Waals surface area contributed by atoms with Crippen LogP contribution in [0.4, 0.5) is 0 Å². The summed E-state index contributed by atoms with van der Waals surface area (Å²) in [5, 5.41) is 0. The monoisotopic (exact) mass is 328 g/mol. The Morgan fingerprint density at radius 2 is 1.70 bits per heavy atom. The molecule has 0 spiro atoms. The zero-order chi connectivity index (χ0) is 16.3. The first-order valence-electron chi connectivity index (χ1n) is 7.10. The zero-order valence-corrected chi connectivity index (χ0v) is 13.5. The summed E-state index contributed by atoms with van der Waals surface area (Å²) in [4.78, 5) is 8.60. The second kappa shape index (κ2) is 6.34. The van der Waals surface area contributed by atoms with Gasteiger partial charge in [-0.05, 0) is 29.3 Å². The van der Waals surface area contributed by atoms with Crippen LogP contribution in [0.3, 0.4) is 0 Å². The summed E-state index contributed by atoms with van der Waals surface area (Å²) in [6.45, 7) is 0.373. The summed E-state index contributed by atoms with van der Waals surface area (Å²) < 4.78 is 28.2. The molecule has 0 amide bonds. The Morgan fingerprint density at radius 1 is 0.957 bits per heavy atom. The van der Waals surface area contributed by atoms with Gasteiger partial charge in [-0.15, -0.1) is 0 Å². The molecular formula is C17H16N2O3S. The maximum Gasteiger partial charge on any atom is 0.214 e. The van der Waals surface area contributed by atoms with Crippen LogP contribution in [0.5, 0.6) is 5.88 Å². The van der Waals surface area contributed by atoms with Gasteiger partial charge in [0.05, 0.1) is 16.8 Å². The van der Waals surface area contributed by atoms with Gasteiger partial charge in [-0.1, -0.05) is 24.3 Å². The maximum atomic E-state index is 11.3. The van der Waals surface area contributed by atoms with Crippen LogP contribution in [0.15, 0.2) is 54.7 Å². The Labute approximate surface area is 134 Å². The van der Waals surface area contributed by atoms with E-state index in [0.717, 1.165) is 22.2 Å². The first-order chi connectivity index (χ1) is 11.0. The smallest absolute Gasteiger partial charge is 0.214 e. The summed E-state index contributed by atoms with van der Waals surface area (Å²) in [6.07, 6.45) is 2.95. The fraction of sp³-hybridized carbons (Fsp3) is 0.176. The van der Waals surface area contributed by atoms with Gasteiger partial charge in [0, 0.05) is 18.5 Å². The van der Waals surface area contributed by atoms with Crippen molar-refractivity contribution in [3.63, 3.8) is 0 Å². The van der Waals surface area contributed by atoms with Gasteiger partial charge in [0.2, 0.25) is 5.88 Å². The highest BCUT2D eigenvalue weighted by Gasteiger charge is 2.05. The predicted octanol–water partition coefficient (Wildman–Crippen LogP) is 2.75. The van der Waals surface area contributed by atoms with Gasteiger partial charge in [-0.2, -0.15) is 0 Å². The molecule has 0 bridgehead atoms. The fourth-order valence-electron chi connectivity index (χ4n) is 2.21. The van der Waals surface area contributed by atoms with Crippen LogP contribution in [0.25, 0.3) is 11.0 Å². The van der Waals surface area contributed by atoms with E-state index in [2.05, 4.69) is 9.97 Å². The van der Waals surface area contributed by atoms with Crippen LogP contribution < -0.4 is 4.74 Å². The van der Waals surface area contributed by atoms with Gasteiger partial charge in [0.1, 0.15) is 6.61 Å². The lowest BCUT2D eigenvalue weighted by Gasteiger charge is -2.07. The van der Waals surface area contributed by atoms with Crippen LogP contribution in [0.2, 0.25) is 0 Å². The Bertz CT molecular complexity index is 922. The Kier molecular flexibility index (Phi) is 4.25. The molecule has 0 aliphatic heterocycles. The number of rotatable bonds is 5. The highest BCUT2D eigenvalue weighted by Crippen LogP contribution is 2.16. The van der Waals surface area contributed by atoms with Gasteiger partial charge in [-0.25, -0.2) is 13.4 Å². The number of sulfone groups is 1. The molecule has 0 saturated carbocycles. The third-order valence-corrected chi connectivity index (χ3v) is 4.13. The quantitative estimate of drug-likeness (QED) is 0.720. The van der Waals surface area contributed by atoms with Crippen molar-refractivity contribution in [2.24, 2.45) is 0 Å². The van der Waals surface area contributed by atoms with Crippen LogP contribution in [0, 0.1) is 0 Å². The number of fused-ring (bicyclic) bond motifs is 1. The summed E-state index contributed by atoms with van der Waals surface area (Å²) in [5.74, 6) is 0.582. The zero-order valence-electron chi connectivity index (χ0n) is 12.6. The van der Waals surface area contributed by atoms with Gasteiger partial charge < -0.3 is 4.74 Å². The van der Waals surface area contributed by atoms with Crippen molar-refractivity contribution >= 4 is 20.9 Å². The average molecular weight is 328 g/mol. The SMILES string of the molecule is CS(=O)(=O)Cc1ccc(COc2ccc3ncccc3n2)cc1. The lowest BCUT2D eigenvalue weighted by molar-refractivity contribution is 0.295. The topological polar surface area (TPSA) is 69.2 Å². The molecule has 0 saturated heterocycles. The number of ether oxygens (including phenoxy) is 1. The van der Waals surface area contributed by atoms with Gasteiger partial charge in [0.25, 0.3) is 0 Å². The number of hydrogen-bond donors (Lipinski definition) is 0. The molecule has 5 nitrogen and oxygen atoms in total. The van der Waals surface area contributed by atoms with Crippen molar-refractivity contribution < 1.29 is 13.2 Å².